The molecule has 1 saturated heterocycles. The van der Waals surface area contributed by atoms with E-state index in [0.29, 0.717) is 32.7 Å². The van der Waals surface area contributed by atoms with Crippen LogP contribution in [0.2, 0.25) is 0 Å². The monoisotopic (exact) mass is 368 g/mol. The van der Waals surface area contributed by atoms with Gasteiger partial charge in [0.25, 0.3) is 0 Å². The fourth-order valence-corrected chi connectivity index (χ4v) is 2.87. The molecule has 2 N–H and O–H groups in total. The van der Waals surface area contributed by atoms with Gasteiger partial charge in [-0.15, -0.1) is 0 Å². The van der Waals surface area contributed by atoms with Crippen LogP contribution < -0.4 is 10.6 Å². The SMILES string of the molecule is CC(C)NC(=O)CN1CCN(C(C)C(=O)Nc2ccc(F)cc2F)CC1. The third-order valence-electron chi connectivity index (χ3n) is 4.34. The number of anilines is 1. The topological polar surface area (TPSA) is 64.7 Å². The summed E-state index contributed by atoms with van der Waals surface area (Å²) in [6.45, 7) is 8.54. The minimum Gasteiger partial charge on any atom is -0.353 e. The Balaban J connectivity index is 1.82. The van der Waals surface area contributed by atoms with Gasteiger partial charge < -0.3 is 10.6 Å². The Morgan fingerprint density at radius 1 is 1.12 bits per heavy atom. The molecule has 144 valence electrons. The molecule has 1 fully saturated rings. The second-order valence-electron chi connectivity index (χ2n) is 6.82. The maximum atomic E-state index is 13.7. The first kappa shape index (κ1) is 20.3. The summed E-state index contributed by atoms with van der Waals surface area (Å²) in [5, 5.41) is 5.36. The van der Waals surface area contributed by atoms with E-state index in [1.807, 2.05) is 23.6 Å². The van der Waals surface area contributed by atoms with Crippen molar-refractivity contribution in [1.82, 2.24) is 15.1 Å². The molecule has 6 nitrogen and oxygen atoms in total. The third kappa shape index (κ3) is 5.74. The van der Waals surface area contributed by atoms with Crippen molar-refractivity contribution >= 4 is 17.5 Å². The molecule has 26 heavy (non-hydrogen) atoms. The second kappa shape index (κ2) is 9.05. The van der Waals surface area contributed by atoms with Crippen molar-refractivity contribution < 1.29 is 18.4 Å². The number of halogens is 2. The third-order valence-corrected chi connectivity index (χ3v) is 4.34. The molecule has 0 bridgehead atoms. The molecule has 0 aliphatic carbocycles. The Kier molecular flexibility index (Phi) is 7.05. The van der Waals surface area contributed by atoms with Gasteiger partial charge in [0.1, 0.15) is 11.6 Å². The molecule has 8 heteroatoms. The van der Waals surface area contributed by atoms with Gasteiger partial charge in [-0.25, -0.2) is 8.78 Å². The normalized spacial score (nSPS) is 17.2. The van der Waals surface area contributed by atoms with Crippen molar-refractivity contribution in [3.8, 4) is 0 Å². The highest BCUT2D eigenvalue weighted by molar-refractivity contribution is 5.94. The van der Waals surface area contributed by atoms with Crippen molar-refractivity contribution in [1.29, 1.82) is 0 Å². The summed E-state index contributed by atoms with van der Waals surface area (Å²) in [4.78, 5) is 28.2. The van der Waals surface area contributed by atoms with Crippen LogP contribution in [0.4, 0.5) is 14.5 Å². The van der Waals surface area contributed by atoms with Gasteiger partial charge in [-0.3, -0.25) is 19.4 Å². The molecule has 1 unspecified atom stereocenters. The summed E-state index contributed by atoms with van der Waals surface area (Å²) in [5.41, 5.74) is -0.0350. The van der Waals surface area contributed by atoms with Crippen molar-refractivity contribution in [2.24, 2.45) is 0 Å². The summed E-state index contributed by atoms with van der Waals surface area (Å²) in [6.07, 6.45) is 0. The lowest BCUT2D eigenvalue weighted by molar-refractivity contribution is -0.125. The number of nitrogens with one attached hydrogen (secondary N) is 2. The lowest BCUT2D eigenvalue weighted by atomic mass is 10.2. The molecule has 1 aromatic rings. The van der Waals surface area contributed by atoms with E-state index < -0.39 is 17.7 Å². The summed E-state index contributed by atoms with van der Waals surface area (Å²) < 4.78 is 26.6. The number of nitrogens with zero attached hydrogens (tertiary/aromatic N) is 2. The standard InChI is InChI=1S/C18H26F2N4O2/c1-12(2)21-17(25)11-23-6-8-24(9-7-23)13(3)18(26)22-16-5-4-14(19)10-15(16)20/h4-5,10,12-13H,6-9,11H2,1-3H3,(H,21,25)(H,22,26). The minimum absolute atomic E-state index is 0.00831. The number of hydrogen-bond donors (Lipinski definition) is 2. The van der Waals surface area contributed by atoms with Gasteiger partial charge >= 0.3 is 0 Å². The molecule has 2 rings (SSSR count). The van der Waals surface area contributed by atoms with Crippen LogP contribution >= 0.6 is 0 Å². The Morgan fingerprint density at radius 3 is 2.35 bits per heavy atom. The van der Waals surface area contributed by atoms with Crippen LogP contribution in [0.3, 0.4) is 0 Å². The number of piperazine rings is 1. The molecule has 0 aromatic heterocycles. The number of carbonyl (C=O) groups excluding carboxylic acids is 2. The molecule has 1 aromatic carbocycles. The average molecular weight is 368 g/mol. The van der Waals surface area contributed by atoms with Gasteiger partial charge in [-0.2, -0.15) is 0 Å². The maximum Gasteiger partial charge on any atom is 0.241 e. The Labute approximate surface area is 152 Å². The van der Waals surface area contributed by atoms with E-state index in [2.05, 4.69) is 10.6 Å². The molecule has 1 aliphatic rings. The van der Waals surface area contributed by atoms with E-state index in [1.54, 1.807) is 6.92 Å². The molecule has 1 aliphatic heterocycles. The van der Waals surface area contributed by atoms with Gasteiger partial charge in [-0.05, 0) is 32.9 Å². The van der Waals surface area contributed by atoms with E-state index in [0.717, 1.165) is 12.1 Å². The Hall–Kier alpha value is -2.06. The van der Waals surface area contributed by atoms with Crippen molar-refractivity contribution in [3.05, 3.63) is 29.8 Å². The van der Waals surface area contributed by atoms with Crippen LogP contribution in [0, 0.1) is 11.6 Å². The Bertz CT molecular complexity index is 646. The molecule has 0 radical (unpaired) electrons. The summed E-state index contributed by atoms with van der Waals surface area (Å²) in [6, 6.07) is 2.71. The average Bonchev–Trinajstić information content (AvgIpc) is 2.56. The number of rotatable bonds is 6. The van der Waals surface area contributed by atoms with Crippen molar-refractivity contribution in [3.63, 3.8) is 0 Å². The molecule has 1 heterocycles. The van der Waals surface area contributed by atoms with E-state index in [4.69, 9.17) is 0 Å². The fraction of sp³-hybridized carbons (Fsp3) is 0.556. The van der Waals surface area contributed by atoms with E-state index in [1.165, 1.54) is 6.07 Å². The van der Waals surface area contributed by atoms with Crippen LogP contribution in [0.5, 0.6) is 0 Å². The largest absolute Gasteiger partial charge is 0.353 e. The number of carbonyl (C=O) groups is 2. The van der Waals surface area contributed by atoms with Gasteiger partial charge in [0.05, 0.1) is 18.3 Å². The molecule has 0 saturated carbocycles. The van der Waals surface area contributed by atoms with Gasteiger partial charge in [0, 0.05) is 38.3 Å². The van der Waals surface area contributed by atoms with E-state index in [9.17, 15) is 18.4 Å². The van der Waals surface area contributed by atoms with Gasteiger partial charge in [0.2, 0.25) is 11.8 Å². The quantitative estimate of drug-likeness (QED) is 0.798. The van der Waals surface area contributed by atoms with Crippen molar-refractivity contribution in [2.45, 2.75) is 32.9 Å². The highest BCUT2D eigenvalue weighted by Crippen LogP contribution is 2.16. The molecular formula is C18H26F2N4O2. The smallest absolute Gasteiger partial charge is 0.241 e. The summed E-state index contributed by atoms with van der Waals surface area (Å²) in [5.74, 6) is -1.84. The first-order valence-electron chi connectivity index (χ1n) is 8.78. The first-order valence-corrected chi connectivity index (χ1v) is 8.78. The number of hydrogen-bond acceptors (Lipinski definition) is 4. The van der Waals surface area contributed by atoms with Crippen LogP contribution in [-0.2, 0) is 9.59 Å². The molecule has 2 amide bonds. The van der Waals surface area contributed by atoms with E-state index in [-0.39, 0.29) is 23.5 Å². The maximum absolute atomic E-state index is 13.7. The zero-order chi connectivity index (χ0) is 19.3. The van der Waals surface area contributed by atoms with Crippen LogP contribution in [0.1, 0.15) is 20.8 Å². The number of benzene rings is 1. The Morgan fingerprint density at radius 2 is 1.77 bits per heavy atom. The lowest BCUT2D eigenvalue weighted by Crippen LogP contribution is -2.54. The fourth-order valence-electron chi connectivity index (χ4n) is 2.87. The zero-order valence-corrected chi connectivity index (χ0v) is 15.4. The summed E-state index contributed by atoms with van der Waals surface area (Å²) in [7, 11) is 0. The lowest BCUT2D eigenvalue weighted by Gasteiger charge is -2.37. The number of amides is 2. The highest BCUT2D eigenvalue weighted by Gasteiger charge is 2.26. The van der Waals surface area contributed by atoms with Crippen LogP contribution in [0.25, 0.3) is 0 Å². The second-order valence-corrected chi connectivity index (χ2v) is 6.82. The first-order chi connectivity index (χ1) is 12.3. The van der Waals surface area contributed by atoms with Gasteiger partial charge in [-0.1, -0.05) is 0 Å². The predicted molar refractivity (Wildman–Crippen MR) is 95.7 cm³/mol. The van der Waals surface area contributed by atoms with E-state index >= 15 is 0 Å². The predicted octanol–water partition coefficient (Wildman–Crippen LogP) is 1.43. The van der Waals surface area contributed by atoms with Gasteiger partial charge in [0.15, 0.2) is 0 Å². The summed E-state index contributed by atoms with van der Waals surface area (Å²) >= 11 is 0. The zero-order valence-electron chi connectivity index (χ0n) is 15.4. The van der Waals surface area contributed by atoms with Crippen LogP contribution in [-0.4, -0.2) is 66.4 Å². The minimum atomic E-state index is -0.800. The highest BCUT2D eigenvalue weighted by atomic mass is 19.1. The molecule has 1 atom stereocenters. The van der Waals surface area contributed by atoms with Crippen molar-refractivity contribution in [2.75, 3.05) is 38.0 Å². The molecular weight excluding hydrogens is 342 g/mol. The molecule has 0 spiro atoms. The van der Waals surface area contributed by atoms with Crippen LogP contribution in [0.15, 0.2) is 18.2 Å².